The van der Waals surface area contributed by atoms with Crippen molar-refractivity contribution in [1.29, 1.82) is 0 Å². The van der Waals surface area contributed by atoms with E-state index in [-0.39, 0.29) is 11.7 Å². The van der Waals surface area contributed by atoms with Crippen LogP contribution < -0.4 is 4.74 Å². The second-order valence-corrected chi connectivity index (χ2v) is 5.00. The summed E-state index contributed by atoms with van der Waals surface area (Å²) in [6.45, 7) is 4.35. The fraction of sp³-hybridized carbons (Fsp3) is 0.533. The van der Waals surface area contributed by atoms with Gasteiger partial charge in [0.15, 0.2) is 0 Å². The van der Waals surface area contributed by atoms with Crippen LogP contribution in [-0.4, -0.2) is 12.4 Å². The quantitative estimate of drug-likeness (QED) is 0.779. The number of carbonyl (C=O) groups excluding carboxylic acids is 1. The number of Topliss-reactive ketones (excluding diaryl/α,β-unsaturated/α-hetero) is 1. The average Bonchev–Trinajstić information content (AvgIpc) is 2.75. The lowest BCUT2D eigenvalue weighted by molar-refractivity contribution is -0.122. The minimum Gasteiger partial charge on any atom is -0.493 e. The molecule has 0 heterocycles. The van der Waals surface area contributed by atoms with Crippen molar-refractivity contribution in [3.8, 4) is 5.75 Å². The first-order valence-corrected chi connectivity index (χ1v) is 6.44. The molecule has 1 aliphatic rings. The van der Waals surface area contributed by atoms with Crippen LogP contribution in [0.5, 0.6) is 5.75 Å². The van der Waals surface area contributed by atoms with Crippen LogP contribution in [0, 0.1) is 5.92 Å². The van der Waals surface area contributed by atoms with Crippen molar-refractivity contribution in [2.75, 3.05) is 6.61 Å². The van der Waals surface area contributed by atoms with E-state index < -0.39 is 0 Å². The van der Waals surface area contributed by atoms with Gasteiger partial charge in [0.2, 0.25) is 0 Å². The summed E-state index contributed by atoms with van der Waals surface area (Å²) < 4.78 is 5.63. The summed E-state index contributed by atoms with van der Waals surface area (Å²) in [7, 11) is 0. The summed E-state index contributed by atoms with van der Waals surface area (Å²) in [5.41, 5.74) is 2.87. The van der Waals surface area contributed by atoms with Gasteiger partial charge in [0.05, 0.1) is 6.61 Å². The maximum atomic E-state index is 11.4. The largest absolute Gasteiger partial charge is 0.493 e. The fourth-order valence-corrected chi connectivity index (χ4v) is 2.20. The Kier molecular flexibility index (Phi) is 3.82. The maximum absolute atomic E-state index is 11.4. The normalized spacial score (nSPS) is 13.8. The van der Waals surface area contributed by atoms with Crippen molar-refractivity contribution in [2.45, 2.75) is 39.5 Å². The first-order chi connectivity index (χ1) is 8.16. The molecule has 0 spiro atoms. The number of benzene rings is 1. The Morgan fingerprint density at radius 2 is 2.06 bits per heavy atom. The molecular weight excluding hydrogens is 212 g/mol. The highest BCUT2D eigenvalue weighted by Crippen LogP contribution is 2.26. The van der Waals surface area contributed by atoms with E-state index in [1.54, 1.807) is 0 Å². The van der Waals surface area contributed by atoms with Crippen molar-refractivity contribution in [2.24, 2.45) is 5.92 Å². The van der Waals surface area contributed by atoms with Crippen molar-refractivity contribution < 1.29 is 9.53 Å². The number of hydrogen-bond donors (Lipinski definition) is 0. The highest BCUT2D eigenvalue weighted by Gasteiger charge is 2.11. The Hall–Kier alpha value is -1.31. The molecule has 0 aromatic heterocycles. The molecule has 0 amide bonds. The zero-order valence-corrected chi connectivity index (χ0v) is 10.7. The lowest BCUT2D eigenvalue weighted by Crippen LogP contribution is -2.11. The first-order valence-electron chi connectivity index (χ1n) is 6.44. The standard InChI is InChI=1S/C15H20O2/c1-11(2)15(16)8-9-17-14-7-6-12-4-3-5-13(12)10-14/h6-7,10-11H,3-5,8-9H2,1-2H3. The lowest BCUT2D eigenvalue weighted by Gasteiger charge is -2.08. The van der Waals surface area contributed by atoms with Crippen LogP contribution in [0.2, 0.25) is 0 Å². The number of ether oxygens (including phenoxy) is 1. The van der Waals surface area contributed by atoms with Crippen LogP contribution in [0.25, 0.3) is 0 Å². The van der Waals surface area contributed by atoms with Crippen molar-refractivity contribution in [1.82, 2.24) is 0 Å². The molecule has 0 N–H and O–H groups in total. The van der Waals surface area contributed by atoms with Crippen LogP contribution in [0.15, 0.2) is 18.2 Å². The molecule has 0 fully saturated rings. The van der Waals surface area contributed by atoms with E-state index in [0.29, 0.717) is 13.0 Å². The summed E-state index contributed by atoms with van der Waals surface area (Å²) in [6, 6.07) is 6.30. The van der Waals surface area contributed by atoms with E-state index in [1.807, 2.05) is 19.9 Å². The molecule has 17 heavy (non-hydrogen) atoms. The Labute approximate surface area is 103 Å². The van der Waals surface area contributed by atoms with Crippen LogP contribution in [-0.2, 0) is 17.6 Å². The summed E-state index contributed by atoms with van der Waals surface area (Å²) >= 11 is 0. The average molecular weight is 232 g/mol. The Bertz CT molecular complexity index is 407. The van der Waals surface area contributed by atoms with Crippen molar-refractivity contribution >= 4 is 5.78 Å². The third kappa shape index (κ3) is 3.09. The summed E-state index contributed by atoms with van der Waals surface area (Å²) in [5.74, 6) is 1.28. The van der Waals surface area contributed by atoms with Crippen LogP contribution in [0.3, 0.4) is 0 Å². The van der Waals surface area contributed by atoms with Gasteiger partial charge < -0.3 is 4.74 Å². The highest BCUT2D eigenvalue weighted by atomic mass is 16.5. The van der Waals surface area contributed by atoms with E-state index >= 15 is 0 Å². The Morgan fingerprint density at radius 3 is 2.82 bits per heavy atom. The predicted molar refractivity (Wildman–Crippen MR) is 68.4 cm³/mol. The summed E-state index contributed by atoms with van der Waals surface area (Å²) in [4.78, 5) is 11.4. The third-order valence-corrected chi connectivity index (χ3v) is 3.33. The SMILES string of the molecule is CC(C)C(=O)CCOc1ccc2c(c1)CCC2. The molecule has 0 unspecified atom stereocenters. The lowest BCUT2D eigenvalue weighted by atomic mass is 10.1. The van der Waals surface area contributed by atoms with Gasteiger partial charge in [0.1, 0.15) is 11.5 Å². The first kappa shape index (κ1) is 12.2. The van der Waals surface area contributed by atoms with Gasteiger partial charge in [-0.15, -0.1) is 0 Å². The Balaban J connectivity index is 1.85. The fourth-order valence-electron chi connectivity index (χ4n) is 2.20. The smallest absolute Gasteiger partial charge is 0.138 e. The van der Waals surface area contributed by atoms with Gasteiger partial charge in [-0.2, -0.15) is 0 Å². The number of carbonyl (C=O) groups is 1. The maximum Gasteiger partial charge on any atom is 0.138 e. The minimum absolute atomic E-state index is 0.110. The van der Waals surface area contributed by atoms with Gasteiger partial charge in [0.25, 0.3) is 0 Å². The zero-order chi connectivity index (χ0) is 12.3. The zero-order valence-electron chi connectivity index (χ0n) is 10.7. The van der Waals surface area contributed by atoms with Gasteiger partial charge in [-0.3, -0.25) is 4.79 Å². The molecule has 1 aromatic rings. The number of fused-ring (bicyclic) bond motifs is 1. The number of rotatable bonds is 5. The highest BCUT2D eigenvalue weighted by molar-refractivity contribution is 5.80. The van der Waals surface area contributed by atoms with Gasteiger partial charge in [-0.1, -0.05) is 19.9 Å². The molecule has 92 valence electrons. The molecule has 0 bridgehead atoms. The molecule has 2 rings (SSSR count). The van der Waals surface area contributed by atoms with Crippen LogP contribution in [0.4, 0.5) is 0 Å². The topological polar surface area (TPSA) is 26.3 Å². The molecule has 0 aliphatic heterocycles. The van der Waals surface area contributed by atoms with Gasteiger partial charge in [-0.25, -0.2) is 0 Å². The van der Waals surface area contributed by atoms with Crippen molar-refractivity contribution in [3.63, 3.8) is 0 Å². The molecular formula is C15H20O2. The van der Waals surface area contributed by atoms with Gasteiger partial charge >= 0.3 is 0 Å². The molecule has 0 saturated carbocycles. The molecule has 0 atom stereocenters. The van der Waals surface area contributed by atoms with E-state index in [9.17, 15) is 4.79 Å². The monoisotopic (exact) mass is 232 g/mol. The van der Waals surface area contributed by atoms with E-state index in [0.717, 1.165) is 12.2 Å². The van der Waals surface area contributed by atoms with E-state index in [1.165, 1.54) is 24.0 Å². The summed E-state index contributed by atoms with van der Waals surface area (Å²) in [5, 5.41) is 0. The minimum atomic E-state index is 0.110. The predicted octanol–water partition coefficient (Wildman–Crippen LogP) is 3.17. The van der Waals surface area contributed by atoms with Gasteiger partial charge in [-0.05, 0) is 42.5 Å². The second kappa shape index (κ2) is 5.35. The number of aryl methyl sites for hydroxylation is 2. The van der Waals surface area contributed by atoms with Crippen molar-refractivity contribution in [3.05, 3.63) is 29.3 Å². The molecule has 2 heteroatoms. The molecule has 1 aliphatic carbocycles. The number of hydrogen-bond acceptors (Lipinski definition) is 2. The van der Waals surface area contributed by atoms with Crippen LogP contribution in [0.1, 0.15) is 37.8 Å². The molecule has 0 saturated heterocycles. The van der Waals surface area contributed by atoms with E-state index in [4.69, 9.17) is 4.74 Å². The van der Waals surface area contributed by atoms with E-state index in [2.05, 4.69) is 12.1 Å². The third-order valence-electron chi connectivity index (χ3n) is 3.33. The van der Waals surface area contributed by atoms with Crippen LogP contribution >= 0.6 is 0 Å². The Morgan fingerprint density at radius 1 is 1.29 bits per heavy atom. The molecule has 1 aromatic carbocycles. The van der Waals surface area contributed by atoms with Gasteiger partial charge in [0, 0.05) is 12.3 Å². The summed E-state index contributed by atoms with van der Waals surface area (Å²) in [6.07, 6.45) is 4.12. The number of ketones is 1. The molecule has 2 nitrogen and oxygen atoms in total. The second-order valence-electron chi connectivity index (χ2n) is 5.00. The molecule has 0 radical (unpaired) electrons.